The second-order valence-corrected chi connectivity index (χ2v) is 5.17. The van der Waals surface area contributed by atoms with Gasteiger partial charge in [-0.1, -0.05) is 0 Å². The molecule has 1 rings (SSSR count). The van der Waals surface area contributed by atoms with Gasteiger partial charge in [-0.25, -0.2) is 13.6 Å². The fraction of sp³-hybridized carbons (Fsp3) is 0.333. The van der Waals surface area contributed by atoms with Crippen molar-refractivity contribution in [2.45, 2.75) is 0 Å². The van der Waals surface area contributed by atoms with Gasteiger partial charge in [-0.15, -0.1) is 0 Å². The van der Waals surface area contributed by atoms with Crippen molar-refractivity contribution in [3.8, 4) is 5.75 Å². The van der Waals surface area contributed by atoms with Crippen molar-refractivity contribution < 1.29 is 18.1 Å². The van der Waals surface area contributed by atoms with Crippen molar-refractivity contribution in [1.82, 2.24) is 0 Å². The molecule has 0 aromatic heterocycles. The molecule has 0 bridgehead atoms. The number of rotatable bonds is 6. The molecule has 3 N–H and O–H groups in total. The molecule has 0 fully saturated rings. The normalized spacial score (nSPS) is 11.0. The van der Waals surface area contributed by atoms with E-state index in [0.29, 0.717) is 11.4 Å². The first-order valence-corrected chi connectivity index (χ1v) is 6.62. The third kappa shape index (κ3) is 4.18. The van der Waals surface area contributed by atoms with Crippen molar-refractivity contribution in [3.05, 3.63) is 28.3 Å². The van der Waals surface area contributed by atoms with Crippen LogP contribution in [0.15, 0.2) is 18.2 Å². The molecule has 0 aliphatic rings. The van der Waals surface area contributed by atoms with Crippen LogP contribution in [0.4, 0.5) is 11.4 Å². The summed E-state index contributed by atoms with van der Waals surface area (Å²) in [4.78, 5) is 10.1. The van der Waals surface area contributed by atoms with Gasteiger partial charge in [0.1, 0.15) is 5.75 Å². The number of non-ortho nitro benzene ring substituents is 1. The molecule has 0 radical (unpaired) electrons. The molecule has 0 saturated carbocycles. The number of anilines is 1. The highest BCUT2D eigenvalue weighted by molar-refractivity contribution is 7.89. The molecule has 0 unspecified atom stereocenters. The molecule has 0 heterocycles. The van der Waals surface area contributed by atoms with Crippen LogP contribution < -0.4 is 15.2 Å². The molecule has 0 aliphatic carbocycles. The van der Waals surface area contributed by atoms with E-state index in [1.54, 1.807) is 0 Å². The highest BCUT2D eigenvalue weighted by atomic mass is 32.2. The molecule has 0 atom stereocenters. The van der Waals surface area contributed by atoms with Gasteiger partial charge < -0.3 is 10.1 Å². The second kappa shape index (κ2) is 5.65. The minimum atomic E-state index is -3.58. The largest absolute Gasteiger partial charge is 0.495 e. The third-order valence-electron chi connectivity index (χ3n) is 2.10. The number of nitrogens with zero attached hydrogens (tertiary/aromatic N) is 1. The Balaban J connectivity index is 2.85. The van der Waals surface area contributed by atoms with Gasteiger partial charge in [0.05, 0.1) is 23.5 Å². The second-order valence-electron chi connectivity index (χ2n) is 3.44. The summed E-state index contributed by atoms with van der Waals surface area (Å²) < 4.78 is 26.5. The molecular formula is C9H13N3O5S. The van der Waals surface area contributed by atoms with Crippen LogP contribution >= 0.6 is 0 Å². The van der Waals surface area contributed by atoms with E-state index in [1.807, 2.05) is 0 Å². The average Bonchev–Trinajstić information content (AvgIpc) is 2.27. The number of primary sulfonamides is 1. The number of benzene rings is 1. The van der Waals surface area contributed by atoms with Crippen LogP contribution in [0.5, 0.6) is 5.75 Å². The van der Waals surface area contributed by atoms with E-state index >= 15 is 0 Å². The van der Waals surface area contributed by atoms with Crippen molar-refractivity contribution >= 4 is 21.4 Å². The summed E-state index contributed by atoms with van der Waals surface area (Å²) in [5.41, 5.74) is 0.226. The molecule has 0 aliphatic heterocycles. The number of ether oxygens (including phenoxy) is 1. The van der Waals surface area contributed by atoms with Crippen LogP contribution in [0.25, 0.3) is 0 Å². The van der Waals surface area contributed by atoms with E-state index in [-0.39, 0.29) is 18.0 Å². The molecular weight excluding hydrogens is 262 g/mol. The minimum absolute atomic E-state index is 0.0381. The highest BCUT2D eigenvalue weighted by Gasteiger charge is 2.11. The van der Waals surface area contributed by atoms with Gasteiger partial charge in [0.15, 0.2) is 0 Å². The number of nitrogens with one attached hydrogen (secondary N) is 1. The fourth-order valence-corrected chi connectivity index (χ4v) is 1.66. The summed E-state index contributed by atoms with van der Waals surface area (Å²) in [7, 11) is -2.17. The molecule has 9 heteroatoms. The van der Waals surface area contributed by atoms with E-state index in [1.165, 1.54) is 25.3 Å². The number of nitrogens with two attached hydrogens (primary N) is 1. The summed E-state index contributed by atoms with van der Waals surface area (Å²) >= 11 is 0. The molecule has 8 nitrogen and oxygen atoms in total. The summed E-state index contributed by atoms with van der Waals surface area (Å²) in [5, 5.41) is 18.2. The summed E-state index contributed by atoms with van der Waals surface area (Å²) in [6.45, 7) is 0.0381. The molecule has 18 heavy (non-hydrogen) atoms. The average molecular weight is 275 g/mol. The SMILES string of the molecule is COc1ccc([N+](=O)[O-])cc1NCCS(N)(=O)=O. The fourth-order valence-electron chi connectivity index (χ4n) is 1.28. The lowest BCUT2D eigenvalue weighted by atomic mass is 10.2. The predicted octanol–water partition coefficient (Wildman–Crippen LogP) is 0.304. The van der Waals surface area contributed by atoms with Crippen LogP contribution in [0.1, 0.15) is 0 Å². The number of nitro groups is 1. The van der Waals surface area contributed by atoms with Crippen molar-refractivity contribution in [2.75, 3.05) is 24.7 Å². The Morgan fingerprint density at radius 2 is 2.17 bits per heavy atom. The Morgan fingerprint density at radius 1 is 1.50 bits per heavy atom. The lowest BCUT2D eigenvalue weighted by Gasteiger charge is -2.10. The quantitative estimate of drug-likeness (QED) is 0.568. The molecule has 100 valence electrons. The first-order valence-electron chi connectivity index (χ1n) is 4.90. The molecule has 0 saturated heterocycles. The zero-order valence-electron chi connectivity index (χ0n) is 9.62. The topological polar surface area (TPSA) is 125 Å². The zero-order chi connectivity index (χ0) is 13.8. The third-order valence-corrected chi connectivity index (χ3v) is 2.87. The monoisotopic (exact) mass is 275 g/mol. The number of methoxy groups -OCH3 is 1. The molecule has 1 aromatic rings. The van der Waals surface area contributed by atoms with Crippen molar-refractivity contribution in [3.63, 3.8) is 0 Å². The maximum absolute atomic E-state index is 10.7. The van der Waals surface area contributed by atoms with Gasteiger partial charge in [-0.05, 0) is 6.07 Å². The van der Waals surface area contributed by atoms with Crippen molar-refractivity contribution in [1.29, 1.82) is 0 Å². The van der Waals surface area contributed by atoms with E-state index in [9.17, 15) is 18.5 Å². The maximum Gasteiger partial charge on any atom is 0.271 e. The maximum atomic E-state index is 10.7. The Kier molecular flexibility index (Phi) is 4.45. The number of sulfonamides is 1. The van der Waals surface area contributed by atoms with Crippen LogP contribution in [0.3, 0.4) is 0 Å². The van der Waals surface area contributed by atoms with Crippen LogP contribution in [-0.2, 0) is 10.0 Å². The van der Waals surface area contributed by atoms with E-state index < -0.39 is 14.9 Å². The van der Waals surface area contributed by atoms with E-state index in [0.717, 1.165) is 0 Å². The minimum Gasteiger partial charge on any atom is -0.495 e. The van der Waals surface area contributed by atoms with Gasteiger partial charge in [0, 0.05) is 18.7 Å². The van der Waals surface area contributed by atoms with Crippen LogP contribution in [0.2, 0.25) is 0 Å². The van der Waals surface area contributed by atoms with E-state index in [2.05, 4.69) is 5.32 Å². The first kappa shape index (κ1) is 14.2. The van der Waals surface area contributed by atoms with Gasteiger partial charge in [0.2, 0.25) is 10.0 Å². The molecule has 1 aromatic carbocycles. The number of hydrogen-bond donors (Lipinski definition) is 2. The van der Waals surface area contributed by atoms with Gasteiger partial charge in [0.25, 0.3) is 5.69 Å². The number of hydrogen-bond acceptors (Lipinski definition) is 6. The highest BCUT2D eigenvalue weighted by Crippen LogP contribution is 2.28. The Bertz CT molecular complexity index is 543. The zero-order valence-corrected chi connectivity index (χ0v) is 10.4. The van der Waals surface area contributed by atoms with Gasteiger partial charge in [-0.3, -0.25) is 10.1 Å². The van der Waals surface area contributed by atoms with Gasteiger partial charge >= 0.3 is 0 Å². The number of nitro benzene ring substituents is 1. The summed E-state index contributed by atoms with van der Waals surface area (Å²) in [5.74, 6) is 0.105. The van der Waals surface area contributed by atoms with E-state index in [4.69, 9.17) is 9.88 Å². The van der Waals surface area contributed by atoms with Gasteiger partial charge in [-0.2, -0.15) is 0 Å². The molecule has 0 spiro atoms. The standard InChI is InChI=1S/C9H13N3O5S/c1-17-9-3-2-7(12(13)14)6-8(9)11-4-5-18(10,15)16/h2-3,6,11H,4-5H2,1H3,(H2,10,15,16). The Morgan fingerprint density at radius 3 is 2.67 bits per heavy atom. The smallest absolute Gasteiger partial charge is 0.271 e. The van der Waals surface area contributed by atoms with Crippen LogP contribution in [-0.4, -0.2) is 32.7 Å². The summed E-state index contributed by atoms with van der Waals surface area (Å²) in [6.07, 6.45) is 0. The van der Waals surface area contributed by atoms with Crippen LogP contribution in [0, 0.1) is 10.1 Å². The summed E-state index contributed by atoms with van der Waals surface area (Å²) in [6, 6.07) is 3.99. The van der Waals surface area contributed by atoms with Crippen molar-refractivity contribution in [2.24, 2.45) is 5.14 Å². The first-order chi connectivity index (χ1) is 8.33. The Labute approximate surface area is 104 Å². The Hall–Kier alpha value is -1.87. The predicted molar refractivity (Wildman–Crippen MR) is 66.1 cm³/mol. The lowest BCUT2D eigenvalue weighted by molar-refractivity contribution is -0.384. The lowest BCUT2D eigenvalue weighted by Crippen LogP contribution is -2.22. The molecule has 0 amide bonds.